The van der Waals surface area contributed by atoms with Crippen molar-refractivity contribution in [3.63, 3.8) is 0 Å². The zero-order chi connectivity index (χ0) is 12.4. The summed E-state index contributed by atoms with van der Waals surface area (Å²) in [6, 6.07) is 0.581. The third-order valence-electron chi connectivity index (χ3n) is 4.37. The smallest absolute Gasteiger partial charge is 0.227 e. The fourth-order valence-corrected chi connectivity index (χ4v) is 3.20. The average Bonchev–Trinajstić information content (AvgIpc) is 2.74. The SMILES string of the molecule is CCN1CCN(C(=O)C2CCCC2N)CC1C. The topological polar surface area (TPSA) is 49.6 Å². The maximum absolute atomic E-state index is 12.4. The van der Waals surface area contributed by atoms with Crippen molar-refractivity contribution in [1.82, 2.24) is 9.80 Å². The Morgan fingerprint density at radius 3 is 2.65 bits per heavy atom. The molecule has 1 aliphatic carbocycles. The average molecular weight is 239 g/mol. The zero-order valence-corrected chi connectivity index (χ0v) is 11.1. The van der Waals surface area contributed by atoms with Crippen molar-refractivity contribution in [2.45, 2.75) is 45.2 Å². The number of carbonyl (C=O) groups is 1. The van der Waals surface area contributed by atoms with Crippen molar-refractivity contribution in [1.29, 1.82) is 0 Å². The van der Waals surface area contributed by atoms with Gasteiger partial charge in [0.05, 0.1) is 5.92 Å². The van der Waals surface area contributed by atoms with Crippen molar-refractivity contribution < 1.29 is 4.79 Å². The van der Waals surface area contributed by atoms with Crippen molar-refractivity contribution in [3.05, 3.63) is 0 Å². The molecule has 0 aromatic rings. The van der Waals surface area contributed by atoms with Gasteiger partial charge >= 0.3 is 0 Å². The molecule has 98 valence electrons. The number of rotatable bonds is 2. The molecule has 0 spiro atoms. The predicted molar refractivity (Wildman–Crippen MR) is 68.6 cm³/mol. The Morgan fingerprint density at radius 1 is 1.35 bits per heavy atom. The molecule has 0 bridgehead atoms. The minimum atomic E-state index is 0.0929. The molecule has 2 aliphatic rings. The number of amides is 1. The van der Waals surface area contributed by atoms with Crippen LogP contribution in [0.15, 0.2) is 0 Å². The van der Waals surface area contributed by atoms with Gasteiger partial charge < -0.3 is 10.6 Å². The Bertz CT molecular complexity index is 282. The van der Waals surface area contributed by atoms with E-state index in [1.807, 2.05) is 4.90 Å². The molecule has 3 unspecified atom stereocenters. The van der Waals surface area contributed by atoms with E-state index in [4.69, 9.17) is 5.73 Å². The van der Waals surface area contributed by atoms with Gasteiger partial charge in [-0.1, -0.05) is 13.3 Å². The van der Waals surface area contributed by atoms with E-state index in [2.05, 4.69) is 18.7 Å². The summed E-state index contributed by atoms with van der Waals surface area (Å²) < 4.78 is 0. The number of piperazine rings is 1. The minimum Gasteiger partial charge on any atom is -0.340 e. The zero-order valence-electron chi connectivity index (χ0n) is 11.1. The first kappa shape index (κ1) is 12.8. The molecule has 0 aromatic heterocycles. The van der Waals surface area contributed by atoms with E-state index in [1.165, 1.54) is 0 Å². The highest BCUT2D eigenvalue weighted by atomic mass is 16.2. The summed E-state index contributed by atoms with van der Waals surface area (Å²) in [7, 11) is 0. The number of carbonyl (C=O) groups excluding carboxylic acids is 1. The second-order valence-corrected chi connectivity index (χ2v) is 5.46. The Morgan fingerprint density at radius 2 is 2.12 bits per heavy atom. The molecule has 1 amide bonds. The van der Waals surface area contributed by atoms with E-state index in [-0.39, 0.29) is 12.0 Å². The Labute approximate surface area is 104 Å². The van der Waals surface area contributed by atoms with Gasteiger partial charge in [-0.3, -0.25) is 9.69 Å². The van der Waals surface area contributed by atoms with E-state index in [9.17, 15) is 4.79 Å². The molecule has 1 saturated carbocycles. The Kier molecular flexibility index (Phi) is 4.05. The van der Waals surface area contributed by atoms with E-state index in [0.717, 1.165) is 45.4 Å². The van der Waals surface area contributed by atoms with Gasteiger partial charge in [-0.15, -0.1) is 0 Å². The maximum atomic E-state index is 12.4. The van der Waals surface area contributed by atoms with Crippen LogP contribution in [0.2, 0.25) is 0 Å². The fourth-order valence-electron chi connectivity index (χ4n) is 3.20. The molecule has 0 aromatic carbocycles. The maximum Gasteiger partial charge on any atom is 0.227 e. The number of nitrogens with two attached hydrogens (primary N) is 1. The highest BCUT2D eigenvalue weighted by Gasteiger charge is 2.35. The molecule has 1 saturated heterocycles. The number of hydrogen-bond donors (Lipinski definition) is 1. The summed E-state index contributed by atoms with van der Waals surface area (Å²) in [6.45, 7) is 8.21. The highest BCUT2D eigenvalue weighted by Crippen LogP contribution is 2.26. The van der Waals surface area contributed by atoms with Crippen LogP contribution in [0, 0.1) is 5.92 Å². The third-order valence-corrected chi connectivity index (χ3v) is 4.37. The van der Waals surface area contributed by atoms with Crippen LogP contribution in [-0.2, 0) is 4.79 Å². The normalized spacial score (nSPS) is 35.2. The molecular formula is C13H25N3O. The summed E-state index contributed by atoms with van der Waals surface area (Å²) in [4.78, 5) is 16.8. The first-order chi connectivity index (χ1) is 8.13. The van der Waals surface area contributed by atoms with Gasteiger partial charge in [0.1, 0.15) is 0 Å². The summed E-state index contributed by atoms with van der Waals surface area (Å²) >= 11 is 0. The van der Waals surface area contributed by atoms with Gasteiger partial charge in [-0.2, -0.15) is 0 Å². The number of nitrogens with zero attached hydrogens (tertiary/aromatic N) is 2. The van der Waals surface area contributed by atoms with Crippen molar-refractivity contribution in [3.8, 4) is 0 Å². The monoisotopic (exact) mass is 239 g/mol. The standard InChI is InChI=1S/C13H25N3O/c1-3-15-7-8-16(9-10(15)2)13(17)11-5-4-6-12(11)14/h10-12H,3-9,14H2,1-2H3. The molecular weight excluding hydrogens is 214 g/mol. The summed E-state index contributed by atoms with van der Waals surface area (Å²) in [6.07, 6.45) is 3.12. The second kappa shape index (κ2) is 5.36. The van der Waals surface area contributed by atoms with E-state index < -0.39 is 0 Å². The van der Waals surface area contributed by atoms with Crippen LogP contribution in [0.5, 0.6) is 0 Å². The van der Waals surface area contributed by atoms with Crippen molar-refractivity contribution in [2.75, 3.05) is 26.2 Å². The molecule has 4 nitrogen and oxygen atoms in total. The van der Waals surface area contributed by atoms with Crippen LogP contribution in [0.1, 0.15) is 33.1 Å². The van der Waals surface area contributed by atoms with Crippen LogP contribution < -0.4 is 5.73 Å². The number of hydrogen-bond acceptors (Lipinski definition) is 3. The van der Waals surface area contributed by atoms with Crippen LogP contribution in [-0.4, -0.2) is 54.0 Å². The van der Waals surface area contributed by atoms with Gasteiger partial charge in [-0.25, -0.2) is 0 Å². The summed E-state index contributed by atoms with van der Waals surface area (Å²) in [5, 5.41) is 0. The largest absolute Gasteiger partial charge is 0.340 e. The quantitative estimate of drug-likeness (QED) is 0.770. The number of likely N-dealkylation sites (N-methyl/N-ethyl adjacent to an activating group) is 1. The van der Waals surface area contributed by atoms with E-state index >= 15 is 0 Å². The lowest BCUT2D eigenvalue weighted by molar-refractivity contribution is -0.138. The van der Waals surface area contributed by atoms with Gasteiger partial charge in [0.15, 0.2) is 0 Å². The second-order valence-electron chi connectivity index (χ2n) is 5.46. The van der Waals surface area contributed by atoms with Crippen molar-refractivity contribution >= 4 is 5.91 Å². The lowest BCUT2D eigenvalue weighted by Crippen LogP contribution is -2.55. The van der Waals surface area contributed by atoms with Crippen LogP contribution in [0.3, 0.4) is 0 Å². The molecule has 3 atom stereocenters. The summed E-state index contributed by atoms with van der Waals surface area (Å²) in [5.41, 5.74) is 6.02. The molecule has 4 heteroatoms. The van der Waals surface area contributed by atoms with Gasteiger partial charge in [0, 0.05) is 31.7 Å². The fraction of sp³-hybridized carbons (Fsp3) is 0.923. The molecule has 0 radical (unpaired) electrons. The van der Waals surface area contributed by atoms with E-state index in [1.54, 1.807) is 0 Å². The van der Waals surface area contributed by atoms with Crippen LogP contribution in [0.25, 0.3) is 0 Å². The molecule has 17 heavy (non-hydrogen) atoms. The molecule has 2 fully saturated rings. The molecule has 2 rings (SSSR count). The minimum absolute atomic E-state index is 0.0929. The first-order valence-corrected chi connectivity index (χ1v) is 6.92. The Hall–Kier alpha value is -0.610. The molecule has 1 aliphatic heterocycles. The van der Waals surface area contributed by atoms with E-state index in [0.29, 0.717) is 11.9 Å². The molecule has 2 N–H and O–H groups in total. The third kappa shape index (κ3) is 2.63. The highest BCUT2D eigenvalue weighted by molar-refractivity contribution is 5.80. The van der Waals surface area contributed by atoms with Crippen LogP contribution >= 0.6 is 0 Å². The lowest BCUT2D eigenvalue weighted by atomic mass is 10.0. The van der Waals surface area contributed by atoms with Gasteiger partial charge in [-0.05, 0) is 26.3 Å². The van der Waals surface area contributed by atoms with Gasteiger partial charge in [0.25, 0.3) is 0 Å². The van der Waals surface area contributed by atoms with Gasteiger partial charge in [0.2, 0.25) is 5.91 Å². The van der Waals surface area contributed by atoms with Crippen molar-refractivity contribution in [2.24, 2.45) is 11.7 Å². The first-order valence-electron chi connectivity index (χ1n) is 6.92. The van der Waals surface area contributed by atoms with Crippen LogP contribution in [0.4, 0.5) is 0 Å². The molecule has 1 heterocycles. The predicted octanol–water partition coefficient (Wildman–Crippen LogP) is 0.666. The Balaban J connectivity index is 1.93. The lowest BCUT2D eigenvalue weighted by Gasteiger charge is -2.40. The summed E-state index contributed by atoms with van der Waals surface area (Å²) in [5.74, 6) is 0.396.